The Balaban J connectivity index is 1.28. The van der Waals surface area contributed by atoms with Gasteiger partial charge in [-0.2, -0.15) is 4.74 Å². The first-order chi connectivity index (χ1) is 22.3. The van der Waals surface area contributed by atoms with Crippen molar-refractivity contribution >= 4 is 11.9 Å². The van der Waals surface area contributed by atoms with Crippen LogP contribution >= 0.6 is 0 Å². The third kappa shape index (κ3) is 6.69. The molecule has 2 unspecified atom stereocenters. The van der Waals surface area contributed by atoms with Crippen molar-refractivity contribution in [1.29, 1.82) is 0 Å². The van der Waals surface area contributed by atoms with Gasteiger partial charge >= 0.3 is 5.69 Å². The molecule has 2 aromatic carbocycles. The fourth-order valence-electron chi connectivity index (χ4n) is 5.91. The zero-order valence-electron chi connectivity index (χ0n) is 26.6. The van der Waals surface area contributed by atoms with Crippen molar-refractivity contribution in [2.24, 2.45) is 5.92 Å². The van der Waals surface area contributed by atoms with Gasteiger partial charge in [0.2, 0.25) is 23.5 Å². The highest BCUT2D eigenvalue weighted by molar-refractivity contribution is 5.78. The molecule has 0 spiro atoms. The molecule has 1 aromatic heterocycles. The third-order valence-corrected chi connectivity index (χ3v) is 8.24. The molecule has 1 aliphatic carbocycles. The van der Waals surface area contributed by atoms with Gasteiger partial charge in [-0.3, -0.25) is 10.1 Å². The summed E-state index contributed by atoms with van der Waals surface area (Å²) in [4.78, 5) is 11.7. The Bertz CT molecular complexity index is 1590. The van der Waals surface area contributed by atoms with Crippen LogP contribution in [0.4, 0.5) is 5.69 Å². The summed E-state index contributed by atoms with van der Waals surface area (Å²) in [5.41, 5.74) is 1.11. The molecule has 0 N–H and O–H groups in total. The van der Waals surface area contributed by atoms with E-state index in [1.165, 1.54) is 27.4 Å². The number of nitro benzene ring substituents is 1. The van der Waals surface area contributed by atoms with Crippen LogP contribution in [0.2, 0.25) is 0 Å². The first-order valence-corrected chi connectivity index (χ1v) is 15.1. The van der Waals surface area contributed by atoms with E-state index in [1.807, 2.05) is 29.8 Å². The Kier molecular flexibility index (Phi) is 10.2. The van der Waals surface area contributed by atoms with E-state index in [-0.39, 0.29) is 41.1 Å². The fourth-order valence-corrected chi connectivity index (χ4v) is 5.91. The normalized spacial score (nSPS) is 17.8. The first-order valence-electron chi connectivity index (χ1n) is 15.1. The molecule has 2 heterocycles. The average molecular weight is 638 g/mol. The Morgan fingerprint density at radius 1 is 1.00 bits per heavy atom. The second-order valence-electron chi connectivity index (χ2n) is 10.9. The number of fused-ring (bicyclic) bond motifs is 2. The van der Waals surface area contributed by atoms with Crippen molar-refractivity contribution in [1.82, 2.24) is 4.57 Å². The highest BCUT2D eigenvalue weighted by atomic mass is 16.6. The lowest BCUT2D eigenvalue weighted by atomic mass is 9.89. The van der Waals surface area contributed by atoms with Crippen LogP contribution in [0.25, 0.3) is 0 Å². The van der Waals surface area contributed by atoms with Crippen molar-refractivity contribution in [3.05, 3.63) is 75.4 Å². The molecule has 1 aliphatic heterocycles. The second-order valence-corrected chi connectivity index (χ2v) is 10.9. The number of aromatic nitrogens is 1. The number of para-hydroxylation sites is 1. The van der Waals surface area contributed by atoms with E-state index >= 15 is 0 Å². The van der Waals surface area contributed by atoms with Crippen molar-refractivity contribution in [2.75, 3.05) is 35.0 Å². The Hall–Kier alpha value is -4.91. The van der Waals surface area contributed by atoms with Crippen LogP contribution in [0.5, 0.6) is 40.2 Å². The standard InChI is InChI=1S/C33H39N3O10/c1-6-21(14-16-44-26-10-7-9-24-23(26)19-34-15-13-27(40-2)25(34)20-35(24)37)45-28-11-8-12-29(32(28)36(38)39)46-22-17-30(41-3)33(43-5)31(18-22)42-4/h8-9,11-13,15,17-18,20-21,23,26H,6-7,10,14,16,19H2,1-5H3/t21?,23-,26?/m0/s1. The number of benzene rings is 2. The van der Waals surface area contributed by atoms with Gasteiger partial charge < -0.3 is 42.9 Å². The van der Waals surface area contributed by atoms with Gasteiger partial charge in [0.05, 0.1) is 52.0 Å². The lowest BCUT2D eigenvalue weighted by Gasteiger charge is -2.30. The Morgan fingerprint density at radius 2 is 1.72 bits per heavy atom. The summed E-state index contributed by atoms with van der Waals surface area (Å²) < 4.78 is 43.0. The molecule has 0 fully saturated rings. The van der Waals surface area contributed by atoms with Gasteiger partial charge in [-0.05, 0) is 43.5 Å². The van der Waals surface area contributed by atoms with Gasteiger partial charge in [0.15, 0.2) is 17.2 Å². The number of ether oxygens (including phenoxy) is 7. The SMILES string of the molecule is CCC(CCOC1CCC=C2[C@@H]1Cn1ccc(OC)c1C=[N+]2[O-])Oc1cccc(Oc2cc(OC)c(OC)c(OC)c2)c1[N+](=O)[O-]. The molecule has 3 atom stereocenters. The number of hydrogen-bond donors (Lipinski definition) is 0. The lowest BCUT2D eigenvalue weighted by Crippen LogP contribution is -2.34. The first kappa shape index (κ1) is 32.5. The Labute approximate surface area is 267 Å². The maximum atomic E-state index is 13.0. The lowest BCUT2D eigenvalue weighted by molar-refractivity contribution is -0.409. The highest BCUT2D eigenvalue weighted by Gasteiger charge is 2.37. The highest BCUT2D eigenvalue weighted by Crippen LogP contribution is 2.45. The zero-order chi connectivity index (χ0) is 32.8. The van der Waals surface area contributed by atoms with Gasteiger partial charge in [0.1, 0.15) is 23.3 Å². The molecule has 0 amide bonds. The maximum Gasteiger partial charge on any atom is 0.352 e. The number of hydrogen-bond acceptors (Lipinski definition) is 10. The smallest absolute Gasteiger partial charge is 0.352 e. The fraction of sp³-hybridized carbons (Fsp3) is 0.424. The molecule has 0 radical (unpaired) electrons. The molecular weight excluding hydrogens is 598 g/mol. The van der Waals surface area contributed by atoms with Crippen LogP contribution in [-0.2, 0) is 11.3 Å². The third-order valence-electron chi connectivity index (χ3n) is 8.24. The molecule has 46 heavy (non-hydrogen) atoms. The van der Waals surface area contributed by atoms with Gasteiger partial charge in [-0.15, -0.1) is 0 Å². The van der Waals surface area contributed by atoms with Gasteiger partial charge in [0.25, 0.3) is 0 Å². The molecule has 3 aromatic rings. The summed E-state index contributed by atoms with van der Waals surface area (Å²) >= 11 is 0. The molecule has 0 bridgehead atoms. The summed E-state index contributed by atoms with van der Waals surface area (Å²) in [5.74, 6) is 1.91. The monoisotopic (exact) mass is 637 g/mol. The van der Waals surface area contributed by atoms with Crippen LogP contribution < -0.4 is 28.4 Å². The van der Waals surface area contributed by atoms with Gasteiger partial charge in [-0.25, -0.2) is 0 Å². The molecule has 2 aliphatic rings. The number of rotatable bonds is 14. The average Bonchev–Trinajstić information content (AvgIpc) is 3.37. The number of nitrogens with zero attached hydrogens (tertiary/aromatic N) is 3. The van der Waals surface area contributed by atoms with E-state index in [0.29, 0.717) is 54.7 Å². The number of hydroxylamine groups is 1. The zero-order valence-corrected chi connectivity index (χ0v) is 26.6. The predicted octanol–water partition coefficient (Wildman–Crippen LogP) is 6.09. The summed E-state index contributed by atoms with van der Waals surface area (Å²) in [7, 11) is 6.01. The van der Waals surface area contributed by atoms with Crippen molar-refractivity contribution < 1.29 is 42.8 Å². The number of allylic oxidation sites excluding steroid dienone is 1. The van der Waals surface area contributed by atoms with Crippen LogP contribution in [0.3, 0.4) is 0 Å². The molecule has 0 saturated heterocycles. The van der Waals surface area contributed by atoms with Crippen molar-refractivity contribution in [3.8, 4) is 40.2 Å². The van der Waals surface area contributed by atoms with Crippen LogP contribution in [0.15, 0.2) is 54.4 Å². The van der Waals surface area contributed by atoms with Crippen LogP contribution in [0.1, 0.15) is 38.3 Å². The van der Waals surface area contributed by atoms with Gasteiger partial charge in [0, 0.05) is 31.3 Å². The summed E-state index contributed by atoms with van der Waals surface area (Å²) in [6.45, 7) is 2.89. The molecule has 246 valence electrons. The molecule has 0 saturated carbocycles. The van der Waals surface area contributed by atoms with E-state index in [0.717, 1.165) is 23.3 Å². The quantitative estimate of drug-likeness (QED) is 0.0883. The van der Waals surface area contributed by atoms with E-state index in [4.69, 9.17) is 33.2 Å². The molecular formula is C33H39N3O10. The summed E-state index contributed by atoms with van der Waals surface area (Å²) in [5, 5.41) is 25.3. The van der Waals surface area contributed by atoms with E-state index < -0.39 is 4.92 Å². The van der Waals surface area contributed by atoms with Crippen molar-refractivity contribution in [2.45, 2.75) is 51.4 Å². The van der Waals surface area contributed by atoms with E-state index in [9.17, 15) is 15.3 Å². The molecule has 13 heteroatoms. The van der Waals surface area contributed by atoms with E-state index in [1.54, 1.807) is 37.6 Å². The topological polar surface area (TPSA) is 139 Å². The number of nitro groups is 1. The number of methoxy groups -OCH3 is 4. The van der Waals surface area contributed by atoms with Crippen molar-refractivity contribution in [3.63, 3.8) is 0 Å². The minimum atomic E-state index is -0.524. The molecule has 13 nitrogen and oxygen atoms in total. The maximum absolute atomic E-state index is 13.0. The molecule has 5 rings (SSSR count). The minimum Gasteiger partial charge on any atom is -0.618 e. The second kappa shape index (κ2) is 14.5. The Morgan fingerprint density at radius 3 is 2.37 bits per heavy atom. The largest absolute Gasteiger partial charge is 0.618 e. The van der Waals surface area contributed by atoms with Crippen LogP contribution in [0, 0.1) is 21.2 Å². The predicted molar refractivity (Wildman–Crippen MR) is 169 cm³/mol. The summed E-state index contributed by atoms with van der Waals surface area (Å²) in [6.07, 6.45) is 7.50. The minimum absolute atomic E-state index is 0.00209. The van der Waals surface area contributed by atoms with Crippen LogP contribution in [-0.4, -0.2) is 67.7 Å². The summed E-state index contributed by atoms with van der Waals surface area (Å²) in [6, 6.07) is 9.65. The van der Waals surface area contributed by atoms with E-state index in [2.05, 4.69) is 0 Å². The van der Waals surface area contributed by atoms with Gasteiger partial charge in [-0.1, -0.05) is 13.0 Å².